The predicted octanol–water partition coefficient (Wildman–Crippen LogP) is 1.96. The maximum atomic E-state index is 12.0. The monoisotopic (exact) mass is 224 g/mol. The van der Waals surface area contributed by atoms with Gasteiger partial charge >= 0.3 is 6.18 Å². The molecule has 1 saturated heterocycles. The van der Waals surface area contributed by atoms with Crippen molar-refractivity contribution in [3.63, 3.8) is 0 Å². The van der Waals surface area contributed by atoms with E-state index >= 15 is 0 Å². The summed E-state index contributed by atoms with van der Waals surface area (Å²) < 4.78 is 35.9. The van der Waals surface area contributed by atoms with E-state index in [1.165, 1.54) is 0 Å². The molecule has 0 bridgehead atoms. The van der Waals surface area contributed by atoms with Gasteiger partial charge in [-0.1, -0.05) is 0 Å². The van der Waals surface area contributed by atoms with Crippen LogP contribution in [0.3, 0.4) is 0 Å². The third kappa shape index (κ3) is 4.84. The van der Waals surface area contributed by atoms with Crippen molar-refractivity contribution in [1.82, 2.24) is 9.80 Å². The Kier molecular flexibility index (Phi) is 4.40. The highest BCUT2D eigenvalue weighted by Gasteiger charge is 2.28. The molecular weight excluding hydrogens is 205 g/mol. The molecule has 0 unspecified atom stereocenters. The lowest BCUT2D eigenvalue weighted by molar-refractivity contribution is -0.138. The first kappa shape index (κ1) is 12.8. The van der Waals surface area contributed by atoms with Gasteiger partial charge in [-0.2, -0.15) is 13.2 Å². The molecule has 2 nitrogen and oxygen atoms in total. The summed E-state index contributed by atoms with van der Waals surface area (Å²) in [4.78, 5) is 4.19. The average molecular weight is 224 g/mol. The van der Waals surface area contributed by atoms with Gasteiger partial charge in [0, 0.05) is 38.8 Å². The number of hydrogen-bond acceptors (Lipinski definition) is 2. The second-order valence-corrected chi connectivity index (χ2v) is 4.34. The lowest BCUT2D eigenvalue weighted by Crippen LogP contribution is -2.49. The molecule has 1 aliphatic rings. The molecule has 1 aliphatic heterocycles. The van der Waals surface area contributed by atoms with E-state index in [1.807, 2.05) is 4.90 Å². The van der Waals surface area contributed by atoms with Crippen LogP contribution in [0.15, 0.2) is 0 Å². The van der Waals surface area contributed by atoms with Gasteiger partial charge in [0.2, 0.25) is 0 Å². The smallest absolute Gasteiger partial charge is 0.300 e. The van der Waals surface area contributed by atoms with E-state index in [-0.39, 0.29) is 6.54 Å². The van der Waals surface area contributed by atoms with E-state index in [0.29, 0.717) is 6.04 Å². The highest BCUT2D eigenvalue weighted by Crippen LogP contribution is 2.20. The van der Waals surface area contributed by atoms with Gasteiger partial charge in [-0.05, 0) is 13.8 Å². The van der Waals surface area contributed by atoms with Crippen LogP contribution in [-0.4, -0.2) is 54.7 Å². The molecule has 1 rings (SSSR count). The SMILES string of the molecule is CC(C)N1CCN(CCC(F)(F)F)CC1. The molecule has 0 spiro atoms. The predicted molar refractivity (Wildman–Crippen MR) is 53.8 cm³/mol. The summed E-state index contributed by atoms with van der Waals surface area (Å²) in [5, 5.41) is 0. The highest BCUT2D eigenvalue weighted by molar-refractivity contribution is 4.74. The Morgan fingerprint density at radius 3 is 2.00 bits per heavy atom. The fraction of sp³-hybridized carbons (Fsp3) is 1.00. The zero-order valence-electron chi connectivity index (χ0n) is 9.35. The summed E-state index contributed by atoms with van der Waals surface area (Å²) >= 11 is 0. The number of alkyl halides is 3. The van der Waals surface area contributed by atoms with Crippen LogP contribution in [0.4, 0.5) is 13.2 Å². The number of nitrogens with zero attached hydrogens (tertiary/aromatic N) is 2. The van der Waals surface area contributed by atoms with E-state index < -0.39 is 12.6 Å². The Balaban J connectivity index is 2.20. The molecule has 1 heterocycles. The van der Waals surface area contributed by atoms with E-state index in [2.05, 4.69) is 18.7 Å². The van der Waals surface area contributed by atoms with Crippen LogP contribution in [0.5, 0.6) is 0 Å². The van der Waals surface area contributed by atoms with E-state index in [0.717, 1.165) is 26.2 Å². The molecule has 0 saturated carbocycles. The molecule has 0 radical (unpaired) electrons. The minimum absolute atomic E-state index is 0.148. The summed E-state index contributed by atoms with van der Waals surface area (Å²) in [7, 11) is 0. The molecule has 0 atom stereocenters. The van der Waals surface area contributed by atoms with Gasteiger partial charge in [-0.3, -0.25) is 4.90 Å². The lowest BCUT2D eigenvalue weighted by atomic mass is 10.2. The number of piperazine rings is 1. The summed E-state index contributed by atoms with van der Waals surface area (Å²) in [6.45, 7) is 7.67. The first-order valence-corrected chi connectivity index (χ1v) is 5.41. The van der Waals surface area contributed by atoms with Crippen LogP contribution in [0.1, 0.15) is 20.3 Å². The highest BCUT2D eigenvalue weighted by atomic mass is 19.4. The van der Waals surface area contributed by atoms with E-state index in [1.54, 1.807) is 0 Å². The van der Waals surface area contributed by atoms with Crippen LogP contribution < -0.4 is 0 Å². The van der Waals surface area contributed by atoms with Crippen molar-refractivity contribution in [3.05, 3.63) is 0 Å². The van der Waals surface area contributed by atoms with Crippen LogP contribution in [-0.2, 0) is 0 Å². The third-order valence-electron chi connectivity index (χ3n) is 2.85. The minimum atomic E-state index is -4.02. The molecule has 5 heteroatoms. The molecule has 0 aromatic rings. The van der Waals surface area contributed by atoms with Crippen molar-refractivity contribution in [2.45, 2.75) is 32.5 Å². The third-order valence-corrected chi connectivity index (χ3v) is 2.85. The zero-order chi connectivity index (χ0) is 11.5. The first-order valence-electron chi connectivity index (χ1n) is 5.41. The molecule has 0 aromatic carbocycles. The van der Waals surface area contributed by atoms with Crippen LogP contribution >= 0.6 is 0 Å². The summed E-state index contributed by atoms with van der Waals surface area (Å²) in [6, 6.07) is 0.495. The van der Waals surface area contributed by atoms with E-state index in [4.69, 9.17) is 0 Å². The molecule has 0 amide bonds. The number of halogens is 3. The van der Waals surface area contributed by atoms with Crippen LogP contribution in [0, 0.1) is 0 Å². The summed E-state index contributed by atoms with van der Waals surface area (Å²) in [6.07, 6.45) is -4.70. The van der Waals surface area contributed by atoms with Crippen molar-refractivity contribution in [2.75, 3.05) is 32.7 Å². The van der Waals surface area contributed by atoms with Gasteiger partial charge in [0.25, 0.3) is 0 Å². The maximum absolute atomic E-state index is 12.0. The second-order valence-electron chi connectivity index (χ2n) is 4.34. The zero-order valence-corrected chi connectivity index (χ0v) is 9.35. The Morgan fingerprint density at radius 1 is 1.07 bits per heavy atom. The van der Waals surface area contributed by atoms with Crippen LogP contribution in [0.2, 0.25) is 0 Å². The van der Waals surface area contributed by atoms with Crippen molar-refractivity contribution < 1.29 is 13.2 Å². The van der Waals surface area contributed by atoms with Gasteiger partial charge in [-0.25, -0.2) is 0 Å². The van der Waals surface area contributed by atoms with Gasteiger partial charge < -0.3 is 4.90 Å². The fourth-order valence-electron chi connectivity index (χ4n) is 1.79. The van der Waals surface area contributed by atoms with Crippen LogP contribution in [0.25, 0.3) is 0 Å². The molecule has 0 aromatic heterocycles. The Morgan fingerprint density at radius 2 is 1.60 bits per heavy atom. The molecule has 1 fully saturated rings. The molecule has 90 valence electrons. The fourth-order valence-corrected chi connectivity index (χ4v) is 1.79. The topological polar surface area (TPSA) is 6.48 Å². The van der Waals surface area contributed by atoms with Crippen molar-refractivity contribution in [1.29, 1.82) is 0 Å². The number of hydrogen-bond donors (Lipinski definition) is 0. The summed E-state index contributed by atoms with van der Waals surface area (Å²) in [5.41, 5.74) is 0. The maximum Gasteiger partial charge on any atom is 0.390 e. The molecule has 0 N–H and O–H groups in total. The van der Waals surface area contributed by atoms with Gasteiger partial charge in [-0.15, -0.1) is 0 Å². The molecular formula is C10H19F3N2. The summed E-state index contributed by atoms with van der Waals surface area (Å²) in [5.74, 6) is 0. The normalized spacial score (nSPS) is 21.2. The average Bonchev–Trinajstić information content (AvgIpc) is 2.14. The largest absolute Gasteiger partial charge is 0.390 e. The lowest BCUT2D eigenvalue weighted by Gasteiger charge is -2.36. The second kappa shape index (κ2) is 5.16. The quantitative estimate of drug-likeness (QED) is 0.723. The van der Waals surface area contributed by atoms with E-state index in [9.17, 15) is 13.2 Å². The standard InChI is InChI=1S/C10H19F3N2/c1-9(2)15-7-5-14(6-8-15)4-3-10(11,12)13/h9H,3-8H2,1-2H3. The van der Waals surface area contributed by atoms with Crippen molar-refractivity contribution >= 4 is 0 Å². The minimum Gasteiger partial charge on any atom is -0.300 e. The molecule has 15 heavy (non-hydrogen) atoms. The van der Waals surface area contributed by atoms with Gasteiger partial charge in [0.1, 0.15) is 0 Å². The van der Waals surface area contributed by atoms with Gasteiger partial charge in [0.15, 0.2) is 0 Å². The van der Waals surface area contributed by atoms with Crippen molar-refractivity contribution in [3.8, 4) is 0 Å². The molecule has 0 aliphatic carbocycles. The first-order chi connectivity index (χ1) is 6.88. The number of rotatable bonds is 3. The Bertz CT molecular complexity index is 184. The van der Waals surface area contributed by atoms with Crippen molar-refractivity contribution in [2.24, 2.45) is 0 Å². The van der Waals surface area contributed by atoms with Gasteiger partial charge in [0.05, 0.1) is 6.42 Å². The Hall–Kier alpha value is -0.290. The Labute approximate surface area is 89.0 Å².